The van der Waals surface area contributed by atoms with Crippen LogP contribution in [-0.2, 0) is 7.05 Å². The Hall–Kier alpha value is -3.20. The van der Waals surface area contributed by atoms with Crippen molar-refractivity contribution in [3.05, 3.63) is 41.2 Å². The summed E-state index contributed by atoms with van der Waals surface area (Å²) in [6.07, 6.45) is 13.8. The molecule has 0 fully saturated rings. The Balaban J connectivity index is 2.09. The second-order valence-corrected chi connectivity index (χ2v) is 7.45. The van der Waals surface area contributed by atoms with Crippen molar-refractivity contribution in [2.75, 3.05) is 5.73 Å². The van der Waals surface area contributed by atoms with Gasteiger partial charge in [-0.15, -0.1) is 6.42 Å². The number of halogens is 1. The highest BCUT2D eigenvalue weighted by Gasteiger charge is 2.26. The standard InChI is InChI=1S/C22H22FN5/c1-5-16-19(23)13(3)15(10-25-16)20-17(14-8-6-12(2)7-9-14)18-21(24)26-11-27-22(18)28(20)4/h1,8,10-12H,6-7,9H2,2-4H3,(H2,24,26,27)/t12-/m1/s1. The number of anilines is 1. The number of fused-ring (bicyclic) bond motifs is 1. The molecule has 0 saturated heterocycles. The minimum atomic E-state index is -0.471. The molecule has 1 atom stereocenters. The van der Waals surface area contributed by atoms with Crippen molar-refractivity contribution in [1.29, 1.82) is 0 Å². The average molecular weight is 375 g/mol. The van der Waals surface area contributed by atoms with Crippen LogP contribution in [-0.4, -0.2) is 19.5 Å². The van der Waals surface area contributed by atoms with E-state index in [1.165, 1.54) is 11.9 Å². The first-order chi connectivity index (χ1) is 13.4. The van der Waals surface area contributed by atoms with E-state index in [0.29, 0.717) is 22.9 Å². The van der Waals surface area contributed by atoms with Gasteiger partial charge in [-0.3, -0.25) is 0 Å². The SMILES string of the molecule is C#Cc1ncc(-c2c(C3=CC[C@@H](C)CC3)c3c(N)ncnc3n2C)c(C)c1F. The lowest BCUT2D eigenvalue weighted by Gasteiger charge is -2.20. The first-order valence-corrected chi connectivity index (χ1v) is 9.34. The molecule has 3 aromatic heterocycles. The monoisotopic (exact) mass is 375 g/mol. The molecule has 6 heteroatoms. The van der Waals surface area contributed by atoms with E-state index in [2.05, 4.69) is 33.9 Å². The van der Waals surface area contributed by atoms with Gasteiger partial charge in [0.1, 0.15) is 23.5 Å². The fourth-order valence-electron chi connectivity index (χ4n) is 4.01. The smallest absolute Gasteiger partial charge is 0.161 e. The van der Waals surface area contributed by atoms with Crippen molar-refractivity contribution in [3.63, 3.8) is 0 Å². The summed E-state index contributed by atoms with van der Waals surface area (Å²) >= 11 is 0. The van der Waals surface area contributed by atoms with Gasteiger partial charge >= 0.3 is 0 Å². The molecule has 0 saturated carbocycles. The van der Waals surface area contributed by atoms with E-state index in [1.54, 1.807) is 13.1 Å². The van der Waals surface area contributed by atoms with E-state index in [1.807, 2.05) is 11.6 Å². The normalized spacial score (nSPS) is 16.8. The van der Waals surface area contributed by atoms with Gasteiger partial charge in [0.25, 0.3) is 0 Å². The van der Waals surface area contributed by atoms with Gasteiger partial charge < -0.3 is 10.3 Å². The minimum Gasteiger partial charge on any atom is -0.383 e. The van der Waals surface area contributed by atoms with Crippen LogP contribution in [0.1, 0.15) is 43.0 Å². The highest BCUT2D eigenvalue weighted by atomic mass is 19.1. The number of rotatable bonds is 2. The van der Waals surface area contributed by atoms with Crippen LogP contribution >= 0.6 is 0 Å². The Kier molecular flexibility index (Phi) is 4.38. The number of pyridine rings is 1. The maximum atomic E-state index is 14.8. The third-order valence-corrected chi connectivity index (χ3v) is 5.65. The molecule has 1 aliphatic carbocycles. The van der Waals surface area contributed by atoms with E-state index in [0.717, 1.165) is 41.6 Å². The zero-order chi connectivity index (χ0) is 20.0. The third-order valence-electron chi connectivity index (χ3n) is 5.65. The molecule has 2 N–H and O–H groups in total. The Morgan fingerprint density at radius 3 is 2.79 bits per heavy atom. The Labute approximate surface area is 163 Å². The summed E-state index contributed by atoms with van der Waals surface area (Å²) < 4.78 is 16.7. The Morgan fingerprint density at radius 1 is 1.32 bits per heavy atom. The molecular weight excluding hydrogens is 353 g/mol. The van der Waals surface area contributed by atoms with Gasteiger partial charge in [-0.2, -0.15) is 0 Å². The van der Waals surface area contributed by atoms with Gasteiger partial charge in [0, 0.05) is 24.4 Å². The van der Waals surface area contributed by atoms with E-state index >= 15 is 0 Å². The average Bonchev–Trinajstić information content (AvgIpc) is 2.99. The van der Waals surface area contributed by atoms with Crippen molar-refractivity contribution >= 4 is 22.4 Å². The lowest BCUT2D eigenvalue weighted by Crippen LogP contribution is -2.04. The van der Waals surface area contributed by atoms with Crippen LogP contribution < -0.4 is 5.73 Å². The van der Waals surface area contributed by atoms with Crippen LogP contribution in [0.4, 0.5) is 10.2 Å². The number of hydrogen-bond acceptors (Lipinski definition) is 4. The van der Waals surface area contributed by atoms with Crippen molar-refractivity contribution in [3.8, 4) is 23.6 Å². The number of nitrogens with two attached hydrogens (primary N) is 1. The van der Waals surface area contributed by atoms with Crippen molar-refractivity contribution < 1.29 is 4.39 Å². The van der Waals surface area contributed by atoms with Crippen LogP contribution in [0.15, 0.2) is 18.6 Å². The van der Waals surface area contributed by atoms with Crippen LogP contribution in [0.5, 0.6) is 0 Å². The quantitative estimate of drug-likeness (QED) is 0.680. The summed E-state index contributed by atoms with van der Waals surface area (Å²) in [5.74, 6) is 2.90. The first-order valence-electron chi connectivity index (χ1n) is 9.34. The largest absolute Gasteiger partial charge is 0.383 e. The topological polar surface area (TPSA) is 69.6 Å². The molecule has 0 aromatic carbocycles. The Bertz CT molecular complexity index is 1170. The maximum Gasteiger partial charge on any atom is 0.161 e. The number of nitrogen functional groups attached to an aromatic ring is 1. The molecule has 0 spiro atoms. The number of aryl methyl sites for hydroxylation is 1. The summed E-state index contributed by atoms with van der Waals surface area (Å²) in [4.78, 5) is 12.8. The van der Waals surface area contributed by atoms with Gasteiger partial charge in [0.15, 0.2) is 5.82 Å². The molecule has 28 heavy (non-hydrogen) atoms. The number of allylic oxidation sites excluding steroid dienone is 2. The van der Waals surface area contributed by atoms with Gasteiger partial charge in [-0.25, -0.2) is 19.3 Å². The Morgan fingerprint density at radius 2 is 2.11 bits per heavy atom. The lowest BCUT2D eigenvalue weighted by molar-refractivity contribution is 0.534. The molecule has 1 aliphatic rings. The van der Waals surface area contributed by atoms with E-state index in [9.17, 15) is 4.39 Å². The first kappa shape index (κ1) is 18.2. The van der Waals surface area contributed by atoms with Crippen LogP contribution in [0.3, 0.4) is 0 Å². The molecule has 142 valence electrons. The molecule has 0 amide bonds. The number of aromatic nitrogens is 4. The summed E-state index contributed by atoms with van der Waals surface area (Å²) in [5.41, 5.74) is 11.2. The van der Waals surface area contributed by atoms with E-state index in [-0.39, 0.29) is 5.69 Å². The molecule has 4 rings (SSSR count). The predicted molar refractivity (Wildman–Crippen MR) is 110 cm³/mol. The highest BCUT2D eigenvalue weighted by Crippen LogP contribution is 2.43. The highest BCUT2D eigenvalue weighted by molar-refractivity contribution is 6.04. The van der Waals surface area contributed by atoms with Gasteiger partial charge in [0.2, 0.25) is 0 Å². The molecule has 3 heterocycles. The predicted octanol–water partition coefficient (Wildman–Crippen LogP) is 4.24. The fourth-order valence-corrected chi connectivity index (χ4v) is 4.01. The van der Waals surface area contributed by atoms with Gasteiger partial charge in [-0.05, 0) is 49.2 Å². The summed E-state index contributed by atoms with van der Waals surface area (Å²) in [7, 11) is 1.91. The molecule has 3 aromatic rings. The zero-order valence-corrected chi connectivity index (χ0v) is 16.3. The number of nitrogens with zero attached hydrogens (tertiary/aromatic N) is 4. The molecule has 5 nitrogen and oxygen atoms in total. The van der Waals surface area contributed by atoms with E-state index < -0.39 is 5.82 Å². The van der Waals surface area contributed by atoms with Crippen LogP contribution in [0.2, 0.25) is 0 Å². The molecule has 0 bridgehead atoms. The van der Waals surface area contributed by atoms with E-state index in [4.69, 9.17) is 12.2 Å². The minimum absolute atomic E-state index is 0.0200. The van der Waals surface area contributed by atoms with Gasteiger partial charge in [0.05, 0.1) is 11.1 Å². The second-order valence-electron chi connectivity index (χ2n) is 7.45. The van der Waals surface area contributed by atoms with Crippen molar-refractivity contribution in [2.45, 2.75) is 33.1 Å². The molecule has 0 unspecified atom stereocenters. The van der Waals surface area contributed by atoms with Crippen LogP contribution in [0.25, 0.3) is 27.9 Å². The van der Waals surface area contributed by atoms with Gasteiger partial charge in [-0.1, -0.05) is 13.0 Å². The number of terminal acetylenes is 1. The number of hydrogen-bond donors (Lipinski definition) is 1. The molecular formula is C22H22FN5. The maximum absolute atomic E-state index is 14.8. The molecule has 0 radical (unpaired) electrons. The molecule has 0 aliphatic heterocycles. The zero-order valence-electron chi connectivity index (χ0n) is 16.3. The summed E-state index contributed by atoms with van der Waals surface area (Å²) in [5, 5.41) is 0.807. The fraction of sp³-hybridized carbons (Fsp3) is 0.318. The summed E-state index contributed by atoms with van der Waals surface area (Å²) in [6, 6.07) is 0. The third kappa shape index (κ3) is 2.66. The summed E-state index contributed by atoms with van der Waals surface area (Å²) in [6.45, 7) is 3.97. The van der Waals surface area contributed by atoms with Crippen molar-refractivity contribution in [1.82, 2.24) is 19.5 Å². The van der Waals surface area contributed by atoms with Crippen molar-refractivity contribution in [2.24, 2.45) is 13.0 Å². The second kappa shape index (κ2) is 6.75. The van der Waals surface area contributed by atoms with Crippen LogP contribution in [0, 0.1) is 31.0 Å². The lowest BCUT2D eigenvalue weighted by atomic mass is 9.85.